The molecule has 36 heavy (non-hydrogen) atoms. The average Bonchev–Trinajstić information content (AvgIpc) is 2.79. The summed E-state index contributed by atoms with van der Waals surface area (Å²) in [5.74, 6) is 1.97. The van der Waals surface area contributed by atoms with Crippen LogP contribution in [0.3, 0.4) is 0 Å². The topological polar surface area (TPSA) is 111 Å². The van der Waals surface area contributed by atoms with Crippen molar-refractivity contribution in [1.29, 1.82) is 0 Å². The fourth-order valence-electron chi connectivity index (χ4n) is 2.18. The summed E-state index contributed by atoms with van der Waals surface area (Å²) in [6, 6.07) is 5.23. The van der Waals surface area contributed by atoms with Crippen molar-refractivity contribution in [2.45, 2.75) is 85.1 Å². The molecule has 0 aliphatic rings. The molecule has 0 fully saturated rings. The Balaban J connectivity index is 0.000000482. The van der Waals surface area contributed by atoms with Gasteiger partial charge < -0.3 is 0 Å². The van der Waals surface area contributed by atoms with Gasteiger partial charge in [-0.15, -0.1) is 0 Å². The van der Waals surface area contributed by atoms with E-state index in [1.165, 1.54) is 18.7 Å². The Hall–Kier alpha value is -2.52. The van der Waals surface area contributed by atoms with Gasteiger partial charge >= 0.3 is 0 Å². The van der Waals surface area contributed by atoms with Crippen molar-refractivity contribution in [3.63, 3.8) is 0 Å². The molecular formula is C26H41ClN6O2S. The number of hydrogen-bond acceptors (Lipinski definition) is 8. The normalized spacial score (nSPS) is 10.8. The van der Waals surface area contributed by atoms with E-state index < -0.39 is 9.84 Å². The molecule has 200 valence electrons. The molecule has 8 nitrogen and oxygen atoms in total. The second-order valence-corrected chi connectivity index (χ2v) is 12.0. The van der Waals surface area contributed by atoms with E-state index >= 15 is 0 Å². The second-order valence-electron chi connectivity index (χ2n) is 9.65. The average molecular weight is 537 g/mol. The Kier molecular flexibility index (Phi) is 15.8. The molecule has 0 atom stereocenters. The second kappa shape index (κ2) is 17.0. The highest BCUT2D eigenvalue weighted by molar-refractivity contribution is 7.90. The molecule has 0 amide bonds. The first-order valence-corrected chi connectivity index (χ1v) is 14.2. The van der Waals surface area contributed by atoms with Gasteiger partial charge in [0.1, 0.15) is 24.1 Å². The zero-order valence-corrected chi connectivity index (χ0v) is 24.7. The van der Waals surface area contributed by atoms with Crippen molar-refractivity contribution in [2.24, 2.45) is 5.92 Å². The van der Waals surface area contributed by atoms with Gasteiger partial charge in [-0.25, -0.2) is 38.3 Å². The third kappa shape index (κ3) is 15.5. The highest BCUT2D eigenvalue weighted by atomic mass is 35.5. The molecular weight excluding hydrogens is 496 g/mol. The van der Waals surface area contributed by atoms with Crippen LogP contribution in [0.4, 0.5) is 0 Å². The molecule has 0 unspecified atom stereocenters. The van der Waals surface area contributed by atoms with Crippen LogP contribution in [-0.4, -0.2) is 44.6 Å². The smallest absolute Gasteiger partial charge is 0.192 e. The zero-order valence-electron chi connectivity index (χ0n) is 23.1. The van der Waals surface area contributed by atoms with Gasteiger partial charge in [0, 0.05) is 29.5 Å². The summed E-state index contributed by atoms with van der Waals surface area (Å²) in [7, 11) is -3.21. The molecule has 3 aromatic heterocycles. The Morgan fingerprint density at radius 2 is 1.11 bits per heavy atom. The van der Waals surface area contributed by atoms with E-state index in [0.29, 0.717) is 17.0 Å². The van der Waals surface area contributed by atoms with E-state index in [1.54, 1.807) is 18.6 Å². The standard InChI is InChI=1S/C8H12N2O2S.C7H9ClN2.C7H10N2.C4H10/c1-6(2)7-4-8(10-5-9-7)13(3,11)12;1-5(2)6-3-7(8)10-4-9-6;1-6(2)7-3-4-8-5-9-7;1-4(2)3/h4-6H,1-3H3;3-5H,1-2H3;3-6H,1-2H3;4H,1-3H3. The van der Waals surface area contributed by atoms with Crippen molar-refractivity contribution >= 4 is 21.4 Å². The molecule has 0 saturated carbocycles. The van der Waals surface area contributed by atoms with E-state index in [9.17, 15) is 8.42 Å². The Labute approximate surface area is 222 Å². The summed E-state index contributed by atoms with van der Waals surface area (Å²) >= 11 is 5.64. The van der Waals surface area contributed by atoms with Crippen LogP contribution in [0.2, 0.25) is 5.15 Å². The first-order valence-electron chi connectivity index (χ1n) is 11.9. The lowest BCUT2D eigenvalue weighted by atomic mass is 10.1. The van der Waals surface area contributed by atoms with Crippen molar-refractivity contribution in [3.05, 3.63) is 65.6 Å². The molecule has 3 rings (SSSR count). The highest BCUT2D eigenvalue weighted by Gasteiger charge is 2.11. The summed E-state index contributed by atoms with van der Waals surface area (Å²) in [5, 5.41) is 0.602. The lowest BCUT2D eigenvalue weighted by molar-refractivity contribution is 0.597. The van der Waals surface area contributed by atoms with E-state index in [2.05, 4.69) is 78.4 Å². The zero-order chi connectivity index (χ0) is 27.9. The molecule has 3 aromatic rings. The van der Waals surface area contributed by atoms with Crippen LogP contribution in [0.25, 0.3) is 0 Å². The van der Waals surface area contributed by atoms with E-state index in [-0.39, 0.29) is 10.9 Å². The molecule has 0 N–H and O–H groups in total. The lowest BCUT2D eigenvalue weighted by Gasteiger charge is -2.04. The fraction of sp³-hybridized carbons (Fsp3) is 0.538. The van der Waals surface area contributed by atoms with Crippen LogP contribution in [-0.2, 0) is 9.84 Å². The predicted octanol–water partition coefficient (Wildman–Crippen LogP) is 6.52. The van der Waals surface area contributed by atoms with E-state index in [4.69, 9.17) is 11.6 Å². The number of sulfone groups is 1. The Bertz CT molecular complexity index is 1110. The highest BCUT2D eigenvalue weighted by Crippen LogP contribution is 2.14. The van der Waals surface area contributed by atoms with Crippen molar-refractivity contribution < 1.29 is 8.42 Å². The van der Waals surface area contributed by atoms with Gasteiger partial charge in [0.05, 0.1) is 0 Å². The van der Waals surface area contributed by atoms with Crippen LogP contribution in [0, 0.1) is 5.92 Å². The predicted molar refractivity (Wildman–Crippen MR) is 147 cm³/mol. The molecule has 0 aliphatic heterocycles. The van der Waals surface area contributed by atoms with Gasteiger partial charge in [-0.05, 0) is 41.9 Å². The molecule has 0 radical (unpaired) electrons. The lowest BCUT2D eigenvalue weighted by Crippen LogP contribution is -2.03. The molecule has 0 aliphatic carbocycles. The van der Waals surface area contributed by atoms with Crippen LogP contribution < -0.4 is 0 Å². The Morgan fingerprint density at radius 1 is 0.667 bits per heavy atom. The van der Waals surface area contributed by atoms with Gasteiger partial charge in [0.2, 0.25) is 0 Å². The maximum Gasteiger partial charge on any atom is 0.192 e. The minimum Gasteiger partial charge on any atom is -0.245 e. The minimum atomic E-state index is -3.21. The van der Waals surface area contributed by atoms with Crippen molar-refractivity contribution in [2.75, 3.05) is 6.26 Å². The first kappa shape index (κ1) is 33.5. The van der Waals surface area contributed by atoms with Crippen LogP contribution >= 0.6 is 11.6 Å². The summed E-state index contributed by atoms with van der Waals surface area (Å²) in [6.07, 6.45) is 7.25. The minimum absolute atomic E-state index is 0.0891. The van der Waals surface area contributed by atoms with Crippen LogP contribution in [0.15, 0.2) is 48.4 Å². The van der Waals surface area contributed by atoms with E-state index in [0.717, 1.165) is 29.3 Å². The van der Waals surface area contributed by atoms with Crippen LogP contribution in [0.5, 0.6) is 0 Å². The number of rotatable bonds is 4. The Morgan fingerprint density at radius 3 is 1.44 bits per heavy atom. The molecule has 0 aromatic carbocycles. The van der Waals surface area contributed by atoms with Gasteiger partial charge in [-0.3, -0.25) is 0 Å². The quantitative estimate of drug-likeness (QED) is 0.346. The number of hydrogen-bond donors (Lipinski definition) is 0. The number of nitrogens with zero attached hydrogens (tertiary/aromatic N) is 6. The third-order valence-electron chi connectivity index (χ3n) is 4.08. The fourth-order valence-corrected chi connectivity index (χ4v) is 2.91. The number of halogens is 1. The first-order chi connectivity index (χ1) is 16.6. The largest absolute Gasteiger partial charge is 0.245 e. The van der Waals surface area contributed by atoms with Crippen molar-refractivity contribution in [1.82, 2.24) is 29.9 Å². The molecule has 0 saturated heterocycles. The van der Waals surface area contributed by atoms with Gasteiger partial charge in [-0.2, -0.15) is 0 Å². The maximum atomic E-state index is 11.1. The number of aromatic nitrogens is 6. The molecule has 0 bridgehead atoms. The SMILES string of the molecule is CC(C)C.CC(C)c1cc(Cl)ncn1.CC(C)c1cc(S(C)(=O)=O)ncn1.CC(C)c1ccncn1. The van der Waals surface area contributed by atoms with Crippen molar-refractivity contribution in [3.8, 4) is 0 Å². The summed E-state index contributed by atoms with van der Waals surface area (Å²) < 4.78 is 22.2. The molecule has 0 spiro atoms. The monoisotopic (exact) mass is 536 g/mol. The maximum absolute atomic E-state index is 11.1. The van der Waals surface area contributed by atoms with E-state index in [1.807, 2.05) is 19.9 Å². The van der Waals surface area contributed by atoms with Gasteiger partial charge in [0.15, 0.2) is 14.9 Å². The van der Waals surface area contributed by atoms with Gasteiger partial charge in [0.25, 0.3) is 0 Å². The summed E-state index contributed by atoms with van der Waals surface area (Å²) in [4.78, 5) is 23.4. The summed E-state index contributed by atoms with van der Waals surface area (Å²) in [6.45, 7) is 18.8. The van der Waals surface area contributed by atoms with Gasteiger partial charge in [-0.1, -0.05) is 73.9 Å². The summed E-state index contributed by atoms with van der Waals surface area (Å²) in [5.41, 5.74) is 2.83. The third-order valence-corrected chi connectivity index (χ3v) is 5.27. The molecule has 10 heteroatoms. The molecule has 3 heterocycles. The van der Waals surface area contributed by atoms with Crippen LogP contribution in [0.1, 0.15) is 97.1 Å².